The monoisotopic (exact) mass is 268 g/mol. The van der Waals surface area contributed by atoms with Crippen molar-refractivity contribution in [3.8, 4) is 0 Å². The van der Waals surface area contributed by atoms with Crippen LogP contribution in [0.2, 0.25) is 0 Å². The number of aliphatic hydroxyl groups excluding tert-OH is 2. The summed E-state index contributed by atoms with van der Waals surface area (Å²) in [4.78, 5) is 20.6. The van der Waals surface area contributed by atoms with Crippen LogP contribution < -0.4 is 10.2 Å². The SMILES string of the molecule is CC(=O)NCCC(O)C(O)c1cnc(N(C)C)nc1. The van der Waals surface area contributed by atoms with E-state index in [1.54, 1.807) is 4.90 Å². The summed E-state index contributed by atoms with van der Waals surface area (Å²) in [5.41, 5.74) is 0.445. The number of nitrogens with zero attached hydrogens (tertiary/aromatic N) is 3. The van der Waals surface area contributed by atoms with Crippen LogP contribution in [0.4, 0.5) is 5.95 Å². The molecule has 1 amide bonds. The van der Waals surface area contributed by atoms with Crippen molar-refractivity contribution in [2.24, 2.45) is 0 Å². The quantitative estimate of drug-likeness (QED) is 0.641. The van der Waals surface area contributed by atoms with Crippen molar-refractivity contribution in [3.63, 3.8) is 0 Å². The summed E-state index contributed by atoms with van der Waals surface area (Å²) < 4.78 is 0. The van der Waals surface area contributed by atoms with Crippen LogP contribution in [0.1, 0.15) is 25.0 Å². The van der Waals surface area contributed by atoms with E-state index in [1.165, 1.54) is 19.3 Å². The fourth-order valence-corrected chi connectivity index (χ4v) is 1.49. The van der Waals surface area contributed by atoms with Gasteiger partial charge in [-0.2, -0.15) is 0 Å². The van der Waals surface area contributed by atoms with E-state index < -0.39 is 12.2 Å². The third-order valence-corrected chi connectivity index (χ3v) is 2.58. The van der Waals surface area contributed by atoms with Gasteiger partial charge in [0.2, 0.25) is 11.9 Å². The number of aliphatic hydroxyl groups is 2. The Hall–Kier alpha value is -1.73. The molecule has 1 aromatic heterocycles. The van der Waals surface area contributed by atoms with Gasteiger partial charge in [-0.05, 0) is 6.42 Å². The van der Waals surface area contributed by atoms with Gasteiger partial charge in [0.25, 0.3) is 0 Å². The molecule has 2 unspecified atom stereocenters. The Bertz CT molecular complexity index is 408. The van der Waals surface area contributed by atoms with E-state index in [-0.39, 0.29) is 12.3 Å². The summed E-state index contributed by atoms with van der Waals surface area (Å²) in [5.74, 6) is 0.365. The third kappa shape index (κ3) is 4.80. The van der Waals surface area contributed by atoms with Gasteiger partial charge < -0.3 is 20.4 Å². The Balaban J connectivity index is 2.56. The molecule has 3 N–H and O–H groups in total. The number of amides is 1. The van der Waals surface area contributed by atoms with Gasteiger partial charge in [-0.1, -0.05) is 0 Å². The lowest BCUT2D eigenvalue weighted by Gasteiger charge is -2.18. The fourth-order valence-electron chi connectivity index (χ4n) is 1.49. The molecule has 0 spiro atoms. The first kappa shape index (κ1) is 15.3. The van der Waals surface area contributed by atoms with Gasteiger partial charge in [0, 0.05) is 45.5 Å². The topological polar surface area (TPSA) is 98.6 Å². The maximum atomic E-state index is 10.7. The second-order valence-corrected chi connectivity index (χ2v) is 4.49. The molecule has 2 atom stereocenters. The summed E-state index contributed by atoms with van der Waals surface area (Å²) in [7, 11) is 3.63. The van der Waals surface area contributed by atoms with Gasteiger partial charge in [-0.3, -0.25) is 4.79 Å². The van der Waals surface area contributed by atoms with Crippen LogP contribution in [0.25, 0.3) is 0 Å². The first-order chi connectivity index (χ1) is 8.91. The Morgan fingerprint density at radius 3 is 2.42 bits per heavy atom. The Labute approximate surface area is 112 Å². The van der Waals surface area contributed by atoms with Crippen LogP contribution in [0.3, 0.4) is 0 Å². The number of anilines is 1. The van der Waals surface area contributed by atoms with Crippen molar-refractivity contribution in [2.45, 2.75) is 25.6 Å². The van der Waals surface area contributed by atoms with E-state index >= 15 is 0 Å². The molecule has 19 heavy (non-hydrogen) atoms. The second kappa shape index (κ2) is 7.01. The molecular formula is C12H20N4O3. The lowest BCUT2D eigenvalue weighted by Crippen LogP contribution is -2.27. The minimum absolute atomic E-state index is 0.166. The predicted octanol–water partition coefficient (Wildman–Crippen LogP) is -0.537. The molecule has 0 saturated heterocycles. The van der Waals surface area contributed by atoms with Gasteiger partial charge >= 0.3 is 0 Å². The largest absolute Gasteiger partial charge is 0.390 e. The summed E-state index contributed by atoms with van der Waals surface area (Å²) >= 11 is 0. The predicted molar refractivity (Wildman–Crippen MR) is 70.6 cm³/mol. The molecule has 0 saturated carbocycles. The van der Waals surface area contributed by atoms with Gasteiger partial charge in [-0.15, -0.1) is 0 Å². The molecule has 1 heterocycles. The Morgan fingerprint density at radius 1 is 1.37 bits per heavy atom. The summed E-state index contributed by atoms with van der Waals surface area (Å²) in [6, 6.07) is 0. The zero-order chi connectivity index (χ0) is 14.4. The highest BCUT2D eigenvalue weighted by Crippen LogP contribution is 2.18. The van der Waals surface area contributed by atoms with E-state index in [2.05, 4.69) is 15.3 Å². The molecular weight excluding hydrogens is 248 g/mol. The normalized spacial score (nSPS) is 13.7. The molecule has 0 aliphatic rings. The zero-order valence-electron chi connectivity index (χ0n) is 11.4. The van der Waals surface area contributed by atoms with E-state index in [0.29, 0.717) is 18.1 Å². The summed E-state index contributed by atoms with van der Waals surface area (Å²) in [5, 5.41) is 22.3. The maximum Gasteiger partial charge on any atom is 0.224 e. The van der Waals surface area contributed by atoms with E-state index in [1.807, 2.05) is 14.1 Å². The Morgan fingerprint density at radius 2 is 1.95 bits per heavy atom. The van der Waals surface area contributed by atoms with Crippen molar-refractivity contribution in [1.82, 2.24) is 15.3 Å². The highest BCUT2D eigenvalue weighted by molar-refractivity contribution is 5.72. The first-order valence-electron chi connectivity index (χ1n) is 6.01. The number of carbonyl (C=O) groups is 1. The smallest absolute Gasteiger partial charge is 0.224 e. The van der Waals surface area contributed by atoms with Crippen molar-refractivity contribution >= 4 is 11.9 Å². The molecule has 106 valence electrons. The molecule has 7 heteroatoms. The van der Waals surface area contributed by atoms with Crippen LogP contribution in [-0.2, 0) is 4.79 Å². The van der Waals surface area contributed by atoms with Crippen LogP contribution in [0.5, 0.6) is 0 Å². The van der Waals surface area contributed by atoms with Crippen molar-refractivity contribution in [1.29, 1.82) is 0 Å². The molecule has 0 bridgehead atoms. The molecule has 0 radical (unpaired) electrons. The minimum atomic E-state index is -1.06. The molecule has 0 aliphatic carbocycles. The minimum Gasteiger partial charge on any atom is -0.390 e. The van der Waals surface area contributed by atoms with Gasteiger partial charge in [-0.25, -0.2) is 9.97 Å². The van der Waals surface area contributed by atoms with Crippen molar-refractivity contribution < 1.29 is 15.0 Å². The van der Waals surface area contributed by atoms with Crippen LogP contribution in [-0.4, -0.2) is 52.8 Å². The zero-order valence-corrected chi connectivity index (χ0v) is 11.4. The number of nitrogens with one attached hydrogen (secondary N) is 1. The van der Waals surface area contributed by atoms with Gasteiger partial charge in [0.15, 0.2) is 0 Å². The van der Waals surface area contributed by atoms with Gasteiger partial charge in [0.1, 0.15) is 6.10 Å². The van der Waals surface area contributed by atoms with Crippen LogP contribution in [0, 0.1) is 0 Å². The van der Waals surface area contributed by atoms with Gasteiger partial charge in [0.05, 0.1) is 6.10 Å². The summed E-state index contributed by atoms with van der Waals surface area (Å²) in [6.45, 7) is 1.71. The standard InChI is InChI=1S/C12H20N4O3/c1-8(17)13-5-4-10(18)11(19)9-6-14-12(15-7-9)16(2)3/h6-7,10-11,18-19H,4-5H2,1-3H3,(H,13,17). The average molecular weight is 268 g/mol. The van der Waals surface area contributed by atoms with Crippen LogP contribution in [0.15, 0.2) is 12.4 Å². The second-order valence-electron chi connectivity index (χ2n) is 4.49. The molecule has 0 aliphatic heterocycles. The number of carbonyl (C=O) groups excluding carboxylic acids is 1. The van der Waals surface area contributed by atoms with Crippen molar-refractivity contribution in [3.05, 3.63) is 18.0 Å². The highest BCUT2D eigenvalue weighted by atomic mass is 16.3. The van der Waals surface area contributed by atoms with Crippen LogP contribution >= 0.6 is 0 Å². The summed E-state index contributed by atoms with van der Waals surface area (Å²) in [6.07, 6.45) is 1.19. The van der Waals surface area contributed by atoms with Crippen molar-refractivity contribution in [2.75, 3.05) is 25.5 Å². The molecule has 1 aromatic rings. The maximum absolute atomic E-state index is 10.7. The molecule has 7 nitrogen and oxygen atoms in total. The number of aromatic nitrogens is 2. The lowest BCUT2D eigenvalue weighted by atomic mass is 10.1. The average Bonchev–Trinajstić information content (AvgIpc) is 2.37. The third-order valence-electron chi connectivity index (χ3n) is 2.58. The van der Waals surface area contributed by atoms with E-state index in [4.69, 9.17) is 0 Å². The number of rotatable bonds is 6. The van der Waals surface area contributed by atoms with E-state index in [0.717, 1.165) is 0 Å². The first-order valence-corrected chi connectivity index (χ1v) is 6.01. The Kier molecular flexibility index (Phi) is 5.65. The number of hydrogen-bond donors (Lipinski definition) is 3. The molecule has 0 aromatic carbocycles. The molecule has 0 fully saturated rings. The lowest BCUT2D eigenvalue weighted by molar-refractivity contribution is -0.119. The fraction of sp³-hybridized carbons (Fsp3) is 0.583. The molecule has 1 rings (SSSR count). The van der Waals surface area contributed by atoms with E-state index in [9.17, 15) is 15.0 Å². The highest BCUT2D eigenvalue weighted by Gasteiger charge is 2.19. The number of hydrogen-bond acceptors (Lipinski definition) is 6.